The number of amides is 1. The molecule has 0 saturated carbocycles. The van der Waals surface area contributed by atoms with Crippen LogP contribution in [0.3, 0.4) is 0 Å². The monoisotopic (exact) mass is 394 g/mol. The Labute approximate surface area is 168 Å². The molecule has 1 aromatic heterocycles. The Kier molecular flexibility index (Phi) is 6.86. The molecule has 2 N–H and O–H groups in total. The van der Waals surface area contributed by atoms with Gasteiger partial charge in [-0.25, -0.2) is 0 Å². The number of methoxy groups -OCH3 is 1. The maximum absolute atomic E-state index is 12.2. The highest BCUT2D eigenvalue weighted by Crippen LogP contribution is 2.24. The van der Waals surface area contributed by atoms with Crippen molar-refractivity contribution in [1.82, 2.24) is 10.2 Å². The third kappa shape index (κ3) is 5.72. The van der Waals surface area contributed by atoms with Crippen molar-refractivity contribution in [3.8, 4) is 5.75 Å². The Hall–Kier alpha value is -3.06. The third-order valence-corrected chi connectivity index (χ3v) is 4.89. The molecule has 0 saturated heterocycles. The van der Waals surface area contributed by atoms with Crippen LogP contribution in [0.2, 0.25) is 0 Å². The van der Waals surface area contributed by atoms with Crippen molar-refractivity contribution in [2.75, 3.05) is 23.5 Å². The highest BCUT2D eigenvalue weighted by Gasteiger charge is 2.08. The van der Waals surface area contributed by atoms with Crippen LogP contribution >= 0.6 is 11.8 Å². The number of carbonyl (C=O) groups excluding carboxylic acids is 1. The average molecular weight is 395 g/mol. The van der Waals surface area contributed by atoms with E-state index in [1.807, 2.05) is 24.3 Å². The minimum absolute atomic E-state index is 0.127. The molecule has 0 bridgehead atoms. The lowest BCUT2D eigenvalue weighted by Crippen LogP contribution is -2.14. The van der Waals surface area contributed by atoms with E-state index in [2.05, 4.69) is 52.0 Å². The molecular formula is C21H22N4O2S. The van der Waals surface area contributed by atoms with Gasteiger partial charge >= 0.3 is 0 Å². The molecule has 144 valence electrons. The summed E-state index contributed by atoms with van der Waals surface area (Å²) < 4.78 is 5.23. The van der Waals surface area contributed by atoms with Crippen molar-refractivity contribution in [2.24, 2.45) is 0 Å². The highest BCUT2D eigenvalue weighted by atomic mass is 32.2. The molecular weight excluding hydrogens is 372 g/mol. The average Bonchev–Trinajstić information content (AvgIpc) is 2.73. The largest absolute Gasteiger partial charge is 0.495 e. The van der Waals surface area contributed by atoms with E-state index in [1.165, 1.54) is 22.9 Å². The van der Waals surface area contributed by atoms with E-state index in [9.17, 15) is 4.79 Å². The molecule has 3 rings (SSSR count). The van der Waals surface area contributed by atoms with E-state index in [0.29, 0.717) is 28.8 Å². The molecule has 1 amide bonds. The Morgan fingerprint density at radius 2 is 1.82 bits per heavy atom. The van der Waals surface area contributed by atoms with Crippen LogP contribution in [0.5, 0.6) is 5.75 Å². The van der Waals surface area contributed by atoms with Crippen molar-refractivity contribution < 1.29 is 9.53 Å². The number of aromatic nitrogens is 2. The summed E-state index contributed by atoms with van der Waals surface area (Å²) in [6.45, 7) is 2.75. The van der Waals surface area contributed by atoms with E-state index in [0.717, 1.165) is 0 Å². The number of para-hydroxylation sites is 2. The second-order valence-corrected chi connectivity index (χ2v) is 7.13. The minimum Gasteiger partial charge on any atom is -0.495 e. The topological polar surface area (TPSA) is 76.1 Å². The Morgan fingerprint density at radius 3 is 2.54 bits per heavy atom. The number of anilines is 2. The quantitative estimate of drug-likeness (QED) is 0.559. The zero-order chi connectivity index (χ0) is 19.8. The summed E-state index contributed by atoms with van der Waals surface area (Å²) in [5.74, 6) is 1.44. The van der Waals surface area contributed by atoms with Gasteiger partial charge < -0.3 is 15.4 Å². The van der Waals surface area contributed by atoms with Gasteiger partial charge in [-0.2, -0.15) is 0 Å². The fraction of sp³-hybridized carbons (Fsp3) is 0.190. The number of nitrogens with one attached hydrogen (secondary N) is 2. The number of hydrogen-bond acceptors (Lipinski definition) is 6. The molecule has 3 aromatic rings. The van der Waals surface area contributed by atoms with Crippen molar-refractivity contribution in [1.29, 1.82) is 0 Å². The van der Waals surface area contributed by atoms with E-state index in [-0.39, 0.29) is 11.7 Å². The molecule has 2 aromatic carbocycles. The van der Waals surface area contributed by atoms with Crippen LogP contribution in [0, 0.1) is 6.92 Å². The molecule has 28 heavy (non-hydrogen) atoms. The molecule has 0 aliphatic rings. The van der Waals surface area contributed by atoms with E-state index >= 15 is 0 Å². The van der Waals surface area contributed by atoms with Gasteiger partial charge in [0.15, 0.2) is 0 Å². The van der Waals surface area contributed by atoms with Crippen LogP contribution in [-0.4, -0.2) is 29.0 Å². The second kappa shape index (κ2) is 9.75. The van der Waals surface area contributed by atoms with Gasteiger partial charge in [-0.3, -0.25) is 4.79 Å². The Bertz CT molecular complexity index is 914. The van der Waals surface area contributed by atoms with Gasteiger partial charge in [0, 0.05) is 6.54 Å². The maximum Gasteiger partial charge on any atom is 0.234 e. The zero-order valence-electron chi connectivity index (χ0n) is 15.8. The summed E-state index contributed by atoms with van der Waals surface area (Å²) in [4.78, 5) is 12.2. The van der Waals surface area contributed by atoms with Crippen molar-refractivity contribution in [3.63, 3.8) is 0 Å². The van der Waals surface area contributed by atoms with Crippen LogP contribution in [0.4, 0.5) is 11.5 Å². The first-order valence-corrected chi connectivity index (χ1v) is 9.81. The van der Waals surface area contributed by atoms with Crippen LogP contribution < -0.4 is 15.4 Å². The van der Waals surface area contributed by atoms with Gasteiger partial charge in [-0.05, 0) is 36.8 Å². The number of hydrogen-bond donors (Lipinski definition) is 2. The Balaban J connectivity index is 1.47. The number of aryl methyl sites for hydroxylation is 1. The molecule has 0 radical (unpaired) electrons. The molecule has 0 fully saturated rings. The molecule has 0 aliphatic heterocycles. The molecule has 0 atom stereocenters. The number of rotatable bonds is 8. The van der Waals surface area contributed by atoms with Gasteiger partial charge in [-0.15, -0.1) is 10.2 Å². The molecule has 6 nitrogen and oxygen atoms in total. The van der Waals surface area contributed by atoms with E-state index in [1.54, 1.807) is 19.2 Å². The van der Waals surface area contributed by atoms with E-state index < -0.39 is 0 Å². The van der Waals surface area contributed by atoms with E-state index in [4.69, 9.17) is 4.74 Å². The van der Waals surface area contributed by atoms with Gasteiger partial charge in [-0.1, -0.05) is 53.7 Å². The smallest absolute Gasteiger partial charge is 0.234 e. The summed E-state index contributed by atoms with van der Waals surface area (Å²) >= 11 is 1.33. The van der Waals surface area contributed by atoms with Gasteiger partial charge in [0.1, 0.15) is 16.6 Å². The molecule has 0 aliphatic carbocycles. The van der Waals surface area contributed by atoms with Crippen molar-refractivity contribution in [2.45, 2.75) is 18.5 Å². The number of thioether (sulfide) groups is 1. The number of carbonyl (C=O) groups is 1. The van der Waals surface area contributed by atoms with Gasteiger partial charge in [0.25, 0.3) is 0 Å². The highest BCUT2D eigenvalue weighted by molar-refractivity contribution is 7.99. The molecule has 1 heterocycles. The Morgan fingerprint density at radius 1 is 1.04 bits per heavy atom. The fourth-order valence-corrected chi connectivity index (χ4v) is 3.08. The molecule has 0 spiro atoms. The van der Waals surface area contributed by atoms with Crippen molar-refractivity contribution >= 4 is 29.2 Å². The van der Waals surface area contributed by atoms with Crippen molar-refractivity contribution in [3.05, 3.63) is 71.8 Å². The summed E-state index contributed by atoms with van der Waals surface area (Å²) in [5.41, 5.74) is 3.07. The standard InChI is InChI=1S/C21H22N4O2S/c1-15-7-9-16(10-8-15)13-22-19-11-12-21(25-24-19)28-14-20(26)23-17-5-3-4-6-18(17)27-2/h3-12H,13-14H2,1-2H3,(H,22,24)(H,23,26). The lowest BCUT2D eigenvalue weighted by molar-refractivity contribution is -0.113. The normalized spacial score (nSPS) is 10.4. The van der Waals surface area contributed by atoms with Gasteiger partial charge in [0.05, 0.1) is 18.6 Å². The first kappa shape index (κ1) is 19.7. The van der Waals surface area contributed by atoms with Gasteiger partial charge in [0.2, 0.25) is 5.91 Å². The lowest BCUT2D eigenvalue weighted by Gasteiger charge is -2.09. The summed E-state index contributed by atoms with van der Waals surface area (Å²) in [6.07, 6.45) is 0. The predicted molar refractivity (Wildman–Crippen MR) is 113 cm³/mol. The first-order valence-electron chi connectivity index (χ1n) is 8.83. The molecule has 0 unspecified atom stereocenters. The summed E-state index contributed by atoms with van der Waals surface area (Å²) in [6, 6.07) is 19.4. The van der Waals surface area contributed by atoms with Crippen LogP contribution in [-0.2, 0) is 11.3 Å². The maximum atomic E-state index is 12.2. The predicted octanol–water partition coefficient (Wildman–Crippen LogP) is 4.14. The summed E-state index contributed by atoms with van der Waals surface area (Å²) in [7, 11) is 1.57. The lowest BCUT2D eigenvalue weighted by atomic mass is 10.1. The van der Waals surface area contributed by atoms with Crippen LogP contribution in [0.15, 0.2) is 65.7 Å². The first-order chi connectivity index (χ1) is 13.6. The third-order valence-electron chi connectivity index (χ3n) is 3.97. The van der Waals surface area contributed by atoms with Crippen LogP contribution in [0.25, 0.3) is 0 Å². The zero-order valence-corrected chi connectivity index (χ0v) is 16.6. The number of ether oxygens (including phenoxy) is 1. The molecule has 7 heteroatoms. The minimum atomic E-state index is -0.127. The SMILES string of the molecule is COc1ccccc1NC(=O)CSc1ccc(NCc2ccc(C)cc2)nn1. The van der Waals surface area contributed by atoms with Crippen LogP contribution in [0.1, 0.15) is 11.1 Å². The summed E-state index contributed by atoms with van der Waals surface area (Å²) in [5, 5.41) is 15.1. The number of nitrogens with zero attached hydrogens (tertiary/aromatic N) is 2. The second-order valence-electron chi connectivity index (χ2n) is 6.13. The number of benzene rings is 2. The fourth-order valence-electron chi connectivity index (χ4n) is 2.46.